The summed E-state index contributed by atoms with van der Waals surface area (Å²) in [7, 11) is 0. The Bertz CT molecular complexity index is 984. The van der Waals surface area contributed by atoms with Crippen LogP contribution in [0.4, 0.5) is 13.2 Å². The van der Waals surface area contributed by atoms with E-state index in [0.717, 1.165) is 45.1 Å². The lowest BCUT2D eigenvalue weighted by Gasteiger charge is -2.49. The van der Waals surface area contributed by atoms with E-state index in [9.17, 15) is 13.2 Å². The molecule has 4 aliphatic rings. The van der Waals surface area contributed by atoms with Crippen LogP contribution in [0.3, 0.4) is 0 Å². The Labute approximate surface area is 242 Å². The lowest BCUT2D eigenvalue weighted by Crippen LogP contribution is -2.62. The van der Waals surface area contributed by atoms with Gasteiger partial charge in [0, 0.05) is 42.4 Å². The average Bonchev–Trinajstić information content (AvgIpc) is 2.86. The van der Waals surface area contributed by atoms with Crippen molar-refractivity contribution in [3.05, 3.63) is 34.9 Å². The molecule has 0 radical (unpaired) electrons. The van der Waals surface area contributed by atoms with Crippen LogP contribution < -0.4 is 21.1 Å². The van der Waals surface area contributed by atoms with Gasteiger partial charge in [-0.05, 0) is 75.0 Å². The highest BCUT2D eigenvalue weighted by Crippen LogP contribution is 2.44. The molecule has 6 atom stereocenters. The van der Waals surface area contributed by atoms with Gasteiger partial charge in [-0.25, -0.2) is 4.72 Å². The van der Waals surface area contributed by atoms with Crippen LogP contribution in [0.15, 0.2) is 18.2 Å². The molecule has 0 aromatic heterocycles. The fourth-order valence-electron chi connectivity index (χ4n) is 7.23. The van der Waals surface area contributed by atoms with Gasteiger partial charge in [-0.3, -0.25) is 15.5 Å². The first-order valence-corrected chi connectivity index (χ1v) is 16.0. The second-order valence-corrected chi connectivity index (χ2v) is 14.5. The summed E-state index contributed by atoms with van der Waals surface area (Å²) in [5.41, 5.74) is 8.13. The number of nitrogens with two attached hydrogens (primary N) is 1. The van der Waals surface area contributed by atoms with Gasteiger partial charge < -0.3 is 10.5 Å². The van der Waals surface area contributed by atoms with E-state index in [1.54, 1.807) is 11.9 Å². The molecule has 1 aromatic carbocycles. The maximum absolute atomic E-state index is 14.2. The van der Waals surface area contributed by atoms with Crippen LogP contribution in [-0.2, 0) is 4.74 Å². The molecule has 4 bridgehead atoms. The van der Waals surface area contributed by atoms with Gasteiger partial charge in [-0.2, -0.15) is 13.2 Å². The minimum absolute atomic E-state index is 0.0140. The number of aryl methyl sites for hydroxylation is 2. The lowest BCUT2D eigenvalue weighted by atomic mass is 9.79. The van der Waals surface area contributed by atoms with E-state index < -0.39 is 11.6 Å². The molecule has 2 aliphatic heterocycles. The number of nitrogens with one attached hydrogen (secondary N) is 3. The molecule has 1 aromatic rings. The molecule has 5 N–H and O–H groups in total. The van der Waals surface area contributed by atoms with E-state index in [1.807, 2.05) is 0 Å². The van der Waals surface area contributed by atoms with E-state index in [4.69, 9.17) is 10.5 Å². The third-order valence-corrected chi connectivity index (χ3v) is 10.8. The molecule has 6 nitrogen and oxygen atoms in total. The Balaban J connectivity index is 1.44. The third-order valence-electron chi connectivity index (χ3n) is 9.71. The Morgan fingerprint density at radius 3 is 2.45 bits per heavy atom. The van der Waals surface area contributed by atoms with E-state index in [2.05, 4.69) is 52.3 Å². The predicted molar refractivity (Wildman–Crippen MR) is 155 cm³/mol. The first-order chi connectivity index (χ1) is 18.9. The van der Waals surface area contributed by atoms with Gasteiger partial charge in [-0.1, -0.05) is 50.4 Å². The standard InChI is InChI=1S/C30H48F3N5OS/c1-18-7-5-8-19(2)27(18)25-14-26-36-28(35-25)37-40-24-10-6-9-20(11-24)16-38(22-12-21(34)13-22)23(17-39-26)15-29(3,4)30(31,32)33/h5,7-8,20-26,28,35-37H,6,9-17,34H2,1-4H3/t20?,21?,22?,23-,24?,25?,26?,28?/m1/s1. The summed E-state index contributed by atoms with van der Waals surface area (Å²) < 4.78 is 52.8. The van der Waals surface area contributed by atoms with Crippen LogP contribution in [0.25, 0.3) is 0 Å². The Kier molecular flexibility index (Phi) is 9.47. The summed E-state index contributed by atoms with van der Waals surface area (Å²) in [4.78, 5) is 2.38. The quantitative estimate of drug-likeness (QED) is 0.349. The molecule has 0 spiro atoms. The summed E-state index contributed by atoms with van der Waals surface area (Å²) in [6, 6.07) is 6.46. The number of rotatable bonds is 4. The maximum atomic E-state index is 14.2. The van der Waals surface area contributed by atoms with Gasteiger partial charge in [0.15, 0.2) is 0 Å². The van der Waals surface area contributed by atoms with Gasteiger partial charge in [0.2, 0.25) is 0 Å². The van der Waals surface area contributed by atoms with Crippen molar-refractivity contribution >= 4 is 11.9 Å². The summed E-state index contributed by atoms with van der Waals surface area (Å²) in [5, 5.41) is 7.79. The van der Waals surface area contributed by atoms with E-state index in [1.165, 1.54) is 30.5 Å². The molecular weight excluding hydrogens is 535 g/mol. The molecule has 0 amide bonds. The molecule has 5 unspecified atom stereocenters. The van der Waals surface area contributed by atoms with E-state index >= 15 is 0 Å². The van der Waals surface area contributed by atoms with Gasteiger partial charge >= 0.3 is 6.18 Å². The van der Waals surface area contributed by atoms with Gasteiger partial charge in [0.05, 0.1) is 12.0 Å². The molecule has 10 heteroatoms. The van der Waals surface area contributed by atoms with Crippen molar-refractivity contribution in [2.45, 2.75) is 127 Å². The number of fused-ring (bicyclic) bond motifs is 4. The molecule has 5 rings (SSSR count). The molecule has 2 saturated heterocycles. The topological polar surface area (TPSA) is 74.6 Å². The Morgan fingerprint density at radius 1 is 1.05 bits per heavy atom. The van der Waals surface area contributed by atoms with Crippen molar-refractivity contribution in [2.75, 3.05) is 13.2 Å². The number of hydrogen-bond acceptors (Lipinski definition) is 7. The minimum Gasteiger partial charge on any atom is -0.362 e. The zero-order chi connectivity index (χ0) is 28.7. The molecule has 4 fully saturated rings. The van der Waals surface area contributed by atoms with Crippen LogP contribution in [0.5, 0.6) is 0 Å². The first-order valence-electron chi connectivity index (χ1n) is 15.1. The highest BCUT2D eigenvalue weighted by molar-refractivity contribution is 7.98. The second kappa shape index (κ2) is 12.4. The van der Waals surface area contributed by atoms with Crippen molar-refractivity contribution in [3.8, 4) is 0 Å². The van der Waals surface area contributed by atoms with Crippen LogP contribution in [0.2, 0.25) is 0 Å². The average molecular weight is 584 g/mol. The zero-order valence-corrected chi connectivity index (χ0v) is 25.2. The van der Waals surface area contributed by atoms with E-state index in [-0.39, 0.29) is 49.7 Å². The molecule has 40 heavy (non-hydrogen) atoms. The highest BCUT2D eigenvalue weighted by Gasteiger charge is 2.50. The normalized spacial score (nSPS) is 36.6. The molecule has 2 heterocycles. The molecular formula is C30H48F3N5OS. The van der Waals surface area contributed by atoms with Gasteiger partial charge in [0.25, 0.3) is 0 Å². The Hall–Kier alpha value is -0.880. The molecule has 2 aliphatic carbocycles. The SMILES string of the molecule is Cc1cccc(C)c1C1CC2NC(NSC3CCCC(C3)CN(C3CC(N)C3)[C@H](CC(C)(C)C(F)(F)F)CO2)N1. The number of alkyl halides is 3. The lowest BCUT2D eigenvalue weighted by molar-refractivity contribution is -0.221. The summed E-state index contributed by atoms with van der Waals surface area (Å²) in [5.74, 6) is 0.463. The third kappa shape index (κ3) is 7.01. The maximum Gasteiger partial charge on any atom is 0.394 e. The van der Waals surface area contributed by atoms with Crippen molar-refractivity contribution in [1.29, 1.82) is 0 Å². The first kappa shape index (κ1) is 30.6. The van der Waals surface area contributed by atoms with Crippen LogP contribution in [0, 0.1) is 25.2 Å². The van der Waals surface area contributed by atoms with Crippen molar-refractivity contribution < 1.29 is 17.9 Å². The predicted octanol–water partition coefficient (Wildman–Crippen LogP) is 5.50. The van der Waals surface area contributed by atoms with Gasteiger partial charge in [-0.15, -0.1) is 0 Å². The summed E-state index contributed by atoms with van der Waals surface area (Å²) in [6.07, 6.45) is 2.17. The van der Waals surface area contributed by atoms with E-state index in [0.29, 0.717) is 17.6 Å². The van der Waals surface area contributed by atoms with Crippen molar-refractivity contribution in [1.82, 2.24) is 20.3 Å². The fraction of sp³-hybridized carbons (Fsp3) is 0.800. The smallest absolute Gasteiger partial charge is 0.362 e. The largest absolute Gasteiger partial charge is 0.394 e. The number of ether oxygens (including phenoxy) is 1. The van der Waals surface area contributed by atoms with Crippen LogP contribution >= 0.6 is 11.9 Å². The number of nitrogens with zero attached hydrogens (tertiary/aromatic N) is 1. The Morgan fingerprint density at radius 2 is 1.77 bits per heavy atom. The molecule has 2 saturated carbocycles. The highest BCUT2D eigenvalue weighted by atomic mass is 32.2. The minimum atomic E-state index is -4.28. The molecule has 226 valence electrons. The number of benzene rings is 1. The second-order valence-electron chi connectivity index (χ2n) is 13.4. The number of halogens is 3. The van der Waals surface area contributed by atoms with Crippen LogP contribution in [0.1, 0.15) is 87.9 Å². The fourth-order valence-corrected chi connectivity index (χ4v) is 8.34. The zero-order valence-electron chi connectivity index (χ0n) is 24.4. The van der Waals surface area contributed by atoms with Crippen molar-refractivity contribution in [3.63, 3.8) is 0 Å². The van der Waals surface area contributed by atoms with Crippen LogP contribution in [-0.4, -0.2) is 60.1 Å². The van der Waals surface area contributed by atoms with Crippen molar-refractivity contribution in [2.24, 2.45) is 17.1 Å². The van der Waals surface area contributed by atoms with Gasteiger partial charge in [0.1, 0.15) is 12.5 Å². The monoisotopic (exact) mass is 583 g/mol. The number of hydrogen-bond donors (Lipinski definition) is 4. The summed E-state index contributed by atoms with van der Waals surface area (Å²) in [6.45, 7) is 8.04. The summed E-state index contributed by atoms with van der Waals surface area (Å²) >= 11 is 1.80.